The minimum atomic E-state index is -0.785. The third-order valence-corrected chi connectivity index (χ3v) is 5.75. The van der Waals surface area contributed by atoms with E-state index in [1.54, 1.807) is 12.1 Å². The molecule has 1 fully saturated rings. The van der Waals surface area contributed by atoms with Crippen LogP contribution in [0.4, 0.5) is 11.4 Å². The topological polar surface area (TPSA) is 90.7 Å². The van der Waals surface area contributed by atoms with E-state index in [-0.39, 0.29) is 17.7 Å². The van der Waals surface area contributed by atoms with Crippen LogP contribution in [-0.4, -0.2) is 30.1 Å². The first kappa shape index (κ1) is 21.8. The Morgan fingerprint density at radius 2 is 1.90 bits per heavy atom. The summed E-state index contributed by atoms with van der Waals surface area (Å²) in [6.07, 6.45) is 2.07. The SMILES string of the molecule is CC[C@H](C)Oc1ccc(NC(=O)C2(c3ccc([N+](=O)[O-])cc3)CCOCC2)cc1C. The summed E-state index contributed by atoms with van der Waals surface area (Å²) in [4.78, 5) is 23.9. The van der Waals surface area contributed by atoms with Crippen molar-refractivity contribution in [3.8, 4) is 5.75 Å². The summed E-state index contributed by atoms with van der Waals surface area (Å²) in [5.41, 5.74) is 1.63. The number of carbonyl (C=O) groups excluding carboxylic acids is 1. The van der Waals surface area contributed by atoms with Crippen molar-refractivity contribution >= 4 is 17.3 Å². The molecule has 0 spiro atoms. The van der Waals surface area contributed by atoms with Gasteiger partial charge in [0.05, 0.1) is 16.4 Å². The van der Waals surface area contributed by atoms with Crippen molar-refractivity contribution in [2.75, 3.05) is 18.5 Å². The summed E-state index contributed by atoms with van der Waals surface area (Å²) < 4.78 is 11.4. The normalized spacial score (nSPS) is 16.5. The minimum Gasteiger partial charge on any atom is -0.490 e. The van der Waals surface area contributed by atoms with Gasteiger partial charge in [-0.3, -0.25) is 14.9 Å². The number of nitro benzene ring substituents is 1. The standard InChI is InChI=1S/C23H28N2O5/c1-4-17(3)30-21-10-7-19(15-16(21)2)24-22(26)23(11-13-29-14-12-23)18-5-8-20(9-6-18)25(27)28/h5-10,15,17H,4,11-14H2,1-3H3,(H,24,26)/t17-/m0/s1. The van der Waals surface area contributed by atoms with Crippen molar-refractivity contribution in [1.82, 2.24) is 0 Å². The fourth-order valence-corrected chi connectivity index (χ4v) is 3.68. The van der Waals surface area contributed by atoms with Gasteiger partial charge >= 0.3 is 0 Å². The zero-order valence-corrected chi connectivity index (χ0v) is 17.6. The molecular weight excluding hydrogens is 384 g/mol. The Labute approximate surface area is 176 Å². The number of hydrogen-bond acceptors (Lipinski definition) is 5. The van der Waals surface area contributed by atoms with Crippen LogP contribution >= 0.6 is 0 Å². The van der Waals surface area contributed by atoms with Crippen LogP contribution < -0.4 is 10.1 Å². The average Bonchev–Trinajstić information content (AvgIpc) is 2.76. The number of benzene rings is 2. The molecule has 0 aliphatic carbocycles. The third-order valence-electron chi connectivity index (χ3n) is 5.75. The number of ether oxygens (including phenoxy) is 2. The van der Waals surface area contributed by atoms with Gasteiger partial charge in [0.15, 0.2) is 0 Å². The summed E-state index contributed by atoms with van der Waals surface area (Å²) in [6.45, 7) is 6.97. The molecule has 0 unspecified atom stereocenters. The Hall–Kier alpha value is -2.93. The van der Waals surface area contributed by atoms with E-state index in [1.165, 1.54) is 12.1 Å². The van der Waals surface area contributed by atoms with Gasteiger partial charge in [-0.2, -0.15) is 0 Å². The Bertz CT molecular complexity index is 904. The van der Waals surface area contributed by atoms with E-state index in [2.05, 4.69) is 12.2 Å². The molecule has 1 N–H and O–H groups in total. The highest BCUT2D eigenvalue weighted by Crippen LogP contribution is 2.37. The maximum atomic E-state index is 13.4. The maximum Gasteiger partial charge on any atom is 0.269 e. The number of hydrogen-bond donors (Lipinski definition) is 1. The van der Waals surface area contributed by atoms with Gasteiger partial charge in [-0.05, 0) is 62.4 Å². The van der Waals surface area contributed by atoms with Crippen LogP contribution in [0.15, 0.2) is 42.5 Å². The highest BCUT2D eigenvalue weighted by molar-refractivity contribution is 5.99. The lowest BCUT2D eigenvalue weighted by atomic mass is 9.73. The second-order valence-corrected chi connectivity index (χ2v) is 7.77. The number of carbonyl (C=O) groups is 1. The Morgan fingerprint density at radius 1 is 1.23 bits per heavy atom. The summed E-state index contributed by atoms with van der Waals surface area (Å²) in [6, 6.07) is 11.9. The Morgan fingerprint density at radius 3 is 2.47 bits per heavy atom. The molecule has 30 heavy (non-hydrogen) atoms. The van der Waals surface area contributed by atoms with Crippen molar-refractivity contribution in [2.24, 2.45) is 0 Å². The van der Waals surface area contributed by atoms with Crippen LogP contribution in [0.25, 0.3) is 0 Å². The van der Waals surface area contributed by atoms with Crippen molar-refractivity contribution in [1.29, 1.82) is 0 Å². The third kappa shape index (κ3) is 4.62. The summed E-state index contributed by atoms with van der Waals surface area (Å²) in [5.74, 6) is 0.674. The zero-order valence-electron chi connectivity index (χ0n) is 17.6. The average molecular weight is 412 g/mol. The van der Waals surface area contributed by atoms with Gasteiger partial charge in [-0.25, -0.2) is 0 Å². The van der Waals surface area contributed by atoms with Crippen LogP contribution in [0, 0.1) is 17.0 Å². The molecule has 0 bridgehead atoms. The van der Waals surface area contributed by atoms with Crippen LogP contribution in [0.2, 0.25) is 0 Å². The van der Waals surface area contributed by atoms with Gasteiger partial charge in [0, 0.05) is 31.0 Å². The predicted molar refractivity (Wildman–Crippen MR) is 115 cm³/mol. The number of aryl methyl sites for hydroxylation is 1. The molecule has 1 atom stereocenters. The predicted octanol–water partition coefficient (Wildman–Crippen LogP) is 4.77. The van der Waals surface area contributed by atoms with Crippen molar-refractivity contribution < 1.29 is 19.2 Å². The number of rotatable bonds is 7. The molecule has 1 saturated heterocycles. The van der Waals surface area contributed by atoms with Gasteiger partial charge in [0.1, 0.15) is 5.75 Å². The number of amides is 1. The highest BCUT2D eigenvalue weighted by Gasteiger charge is 2.42. The van der Waals surface area contributed by atoms with Gasteiger partial charge < -0.3 is 14.8 Å². The van der Waals surface area contributed by atoms with E-state index in [4.69, 9.17) is 9.47 Å². The van der Waals surface area contributed by atoms with Crippen molar-refractivity contribution in [3.05, 3.63) is 63.7 Å². The van der Waals surface area contributed by atoms with Gasteiger partial charge in [0.2, 0.25) is 5.91 Å². The minimum absolute atomic E-state index is 0.00823. The first-order valence-corrected chi connectivity index (χ1v) is 10.3. The molecular formula is C23H28N2O5. The van der Waals surface area contributed by atoms with E-state index in [0.29, 0.717) is 31.7 Å². The molecule has 1 amide bonds. The highest BCUT2D eigenvalue weighted by atomic mass is 16.6. The Kier molecular flexibility index (Phi) is 6.72. The fraction of sp³-hybridized carbons (Fsp3) is 0.435. The molecule has 0 radical (unpaired) electrons. The van der Waals surface area contributed by atoms with Crippen molar-refractivity contribution in [2.45, 2.75) is 51.6 Å². The van der Waals surface area contributed by atoms with Crippen LogP contribution in [0.5, 0.6) is 5.75 Å². The molecule has 1 aliphatic rings. The molecule has 0 saturated carbocycles. The molecule has 7 heteroatoms. The molecule has 1 heterocycles. The monoisotopic (exact) mass is 412 g/mol. The molecule has 1 aliphatic heterocycles. The van der Waals surface area contributed by atoms with Gasteiger partial charge in [-0.1, -0.05) is 19.1 Å². The van der Waals surface area contributed by atoms with Gasteiger partial charge in [-0.15, -0.1) is 0 Å². The second kappa shape index (κ2) is 9.26. The molecule has 7 nitrogen and oxygen atoms in total. The molecule has 0 aromatic heterocycles. The summed E-state index contributed by atoms with van der Waals surface area (Å²) in [7, 11) is 0. The van der Waals surface area contributed by atoms with E-state index in [1.807, 2.05) is 32.0 Å². The lowest BCUT2D eigenvalue weighted by Gasteiger charge is -2.36. The molecule has 3 rings (SSSR count). The van der Waals surface area contributed by atoms with Crippen LogP contribution in [0.3, 0.4) is 0 Å². The first-order valence-electron chi connectivity index (χ1n) is 10.3. The quantitative estimate of drug-likeness (QED) is 0.523. The fourth-order valence-electron chi connectivity index (χ4n) is 3.68. The van der Waals surface area contributed by atoms with E-state index < -0.39 is 10.3 Å². The van der Waals surface area contributed by atoms with E-state index in [9.17, 15) is 14.9 Å². The lowest BCUT2D eigenvalue weighted by molar-refractivity contribution is -0.384. The molecule has 160 valence electrons. The Balaban J connectivity index is 1.84. The molecule has 2 aromatic rings. The van der Waals surface area contributed by atoms with Crippen LogP contribution in [-0.2, 0) is 14.9 Å². The second-order valence-electron chi connectivity index (χ2n) is 7.77. The lowest BCUT2D eigenvalue weighted by Crippen LogP contribution is -2.44. The number of anilines is 1. The summed E-state index contributed by atoms with van der Waals surface area (Å²) in [5, 5.41) is 14.0. The number of non-ortho nitro benzene ring substituents is 1. The molecule has 2 aromatic carbocycles. The zero-order chi connectivity index (χ0) is 21.7. The maximum absolute atomic E-state index is 13.4. The van der Waals surface area contributed by atoms with Crippen molar-refractivity contribution in [3.63, 3.8) is 0 Å². The summed E-state index contributed by atoms with van der Waals surface area (Å²) >= 11 is 0. The first-order chi connectivity index (χ1) is 14.4. The smallest absolute Gasteiger partial charge is 0.269 e. The number of nitrogens with one attached hydrogen (secondary N) is 1. The van der Waals surface area contributed by atoms with Gasteiger partial charge in [0.25, 0.3) is 5.69 Å². The van der Waals surface area contributed by atoms with E-state index in [0.717, 1.165) is 23.3 Å². The number of nitrogens with zero attached hydrogens (tertiary/aromatic N) is 1. The van der Waals surface area contributed by atoms with E-state index >= 15 is 0 Å². The number of nitro groups is 1. The van der Waals surface area contributed by atoms with Crippen LogP contribution in [0.1, 0.15) is 44.2 Å². The largest absolute Gasteiger partial charge is 0.490 e.